The fourth-order valence-electron chi connectivity index (χ4n) is 2.10. The number of amides is 2. The van der Waals surface area contributed by atoms with Gasteiger partial charge in [-0.2, -0.15) is 0 Å². The summed E-state index contributed by atoms with van der Waals surface area (Å²) in [6, 6.07) is 11.4. The van der Waals surface area contributed by atoms with Gasteiger partial charge in [0.05, 0.1) is 11.6 Å². The van der Waals surface area contributed by atoms with Gasteiger partial charge in [0.1, 0.15) is 11.5 Å². The summed E-state index contributed by atoms with van der Waals surface area (Å²) >= 11 is 11.9. The van der Waals surface area contributed by atoms with Gasteiger partial charge in [-0.25, -0.2) is 0 Å². The highest BCUT2D eigenvalue weighted by Gasteiger charge is 2.17. The van der Waals surface area contributed by atoms with Gasteiger partial charge in [0.25, 0.3) is 11.8 Å². The molecule has 0 fully saturated rings. The zero-order valence-electron chi connectivity index (χ0n) is 15.8. The van der Waals surface area contributed by atoms with Crippen molar-refractivity contribution in [2.75, 3.05) is 6.61 Å². The predicted molar refractivity (Wildman–Crippen MR) is 109 cm³/mol. The van der Waals surface area contributed by atoms with Crippen molar-refractivity contribution >= 4 is 35.0 Å². The van der Waals surface area contributed by atoms with E-state index in [0.717, 1.165) is 0 Å². The molecule has 0 aliphatic heterocycles. The fraction of sp³-hybridized carbons (Fsp3) is 0.300. The van der Waals surface area contributed by atoms with Crippen LogP contribution in [0.3, 0.4) is 0 Å². The van der Waals surface area contributed by atoms with Crippen LogP contribution < -0.4 is 20.3 Å². The van der Waals surface area contributed by atoms with Gasteiger partial charge in [0, 0.05) is 10.6 Å². The van der Waals surface area contributed by atoms with Crippen molar-refractivity contribution in [2.24, 2.45) is 5.92 Å². The number of hydrogen-bond acceptors (Lipinski definition) is 4. The second-order valence-corrected chi connectivity index (χ2v) is 7.35. The largest absolute Gasteiger partial charge is 0.493 e. The minimum Gasteiger partial charge on any atom is -0.493 e. The molecule has 2 N–H and O–H groups in total. The predicted octanol–water partition coefficient (Wildman–Crippen LogP) is 4.26. The van der Waals surface area contributed by atoms with Crippen molar-refractivity contribution in [1.29, 1.82) is 0 Å². The van der Waals surface area contributed by atoms with Gasteiger partial charge in [-0.1, -0.05) is 43.1 Å². The van der Waals surface area contributed by atoms with Gasteiger partial charge in [-0.05, 0) is 49.2 Å². The third kappa shape index (κ3) is 6.62. The molecule has 1 unspecified atom stereocenters. The molecule has 2 aromatic rings. The van der Waals surface area contributed by atoms with Crippen LogP contribution in [0.5, 0.6) is 11.5 Å². The number of hydrogen-bond donors (Lipinski definition) is 2. The summed E-state index contributed by atoms with van der Waals surface area (Å²) in [5.41, 5.74) is 5.04. The first kappa shape index (κ1) is 21.9. The topological polar surface area (TPSA) is 76.7 Å². The van der Waals surface area contributed by atoms with Crippen LogP contribution in [0.25, 0.3) is 0 Å². The molecule has 0 saturated carbocycles. The Morgan fingerprint density at radius 2 is 1.79 bits per heavy atom. The van der Waals surface area contributed by atoms with E-state index in [0.29, 0.717) is 34.6 Å². The Balaban J connectivity index is 1.89. The van der Waals surface area contributed by atoms with Crippen LogP contribution in [-0.4, -0.2) is 24.5 Å². The average Bonchev–Trinajstić information content (AvgIpc) is 2.66. The number of nitrogens with one attached hydrogen (secondary N) is 2. The Kier molecular flexibility index (Phi) is 7.96. The van der Waals surface area contributed by atoms with E-state index in [2.05, 4.69) is 10.9 Å². The molecular formula is C20H22Cl2N2O4. The number of benzene rings is 2. The summed E-state index contributed by atoms with van der Waals surface area (Å²) in [5, 5.41) is 0.746. The Bertz CT molecular complexity index is 843. The average molecular weight is 425 g/mol. The summed E-state index contributed by atoms with van der Waals surface area (Å²) in [5.74, 6) is 0.260. The van der Waals surface area contributed by atoms with Crippen molar-refractivity contribution in [3.63, 3.8) is 0 Å². The van der Waals surface area contributed by atoms with E-state index in [4.69, 9.17) is 32.7 Å². The lowest BCUT2D eigenvalue weighted by molar-refractivity contribution is -0.128. The Hall–Kier alpha value is -2.44. The smallest absolute Gasteiger partial charge is 0.279 e. The van der Waals surface area contributed by atoms with E-state index in [1.807, 2.05) is 13.8 Å². The Morgan fingerprint density at radius 1 is 1.04 bits per heavy atom. The molecule has 0 saturated heterocycles. The molecule has 0 bridgehead atoms. The number of rotatable bonds is 7. The zero-order chi connectivity index (χ0) is 20.7. The summed E-state index contributed by atoms with van der Waals surface area (Å²) in [6.07, 6.45) is -0.889. The summed E-state index contributed by atoms with van der Waals surface area (Å²) in [6.45, 7) is 6.15. The van der Waals surface area contributed by atoms with Gasteiger partial charge in [-0.3, -0.25) is 20.4 Å². The van der Waals surface area contributed by atoms with E-state index < -0.39 is 17.9 Å². The highest BCUT2D eigenvalue weighted by molar-refractivity contribution is 6.35. The first-order valence-corrected chi connectivity index (χ1v) is 9.46. The van der Waals surface area contributed by atoms with E-state index in [1.54, 1.807) is 36.4 Å². The van der Waals surface area contributed by atoms with Gasteiger partial charge in [-0.15, -0.1) is 0 Å². The Morgan fingerprint density at radius 3 is 2.46 bits per heavy atom. The summed E-state index contributed by atoms with van der Waals surface area (Å²) < 4.78 is 11.1. The minimum atomic E-state index is -0.889. The van der Waals surface area contributed by atoms with Crippen molar-refractivity contribution in [1.82, 2.24) is 10.9 Å². The lowest BCUT2D eigenvalue weighted by Gasteiger charge is -2.16. The number of hydrazine groups is 1. The maximum atomic E-state index is 12.3. The third-order valence-electron chi connectivity index (χ3n) is 3.55. The SMILES string of the molecule is CC(C)COc1cccc(C(=O)NNC(=O)C(C)Oc2ccc(Cl)cc2Cl)c1. The lowest BCUT2D eigenvalue weighted by Crippen LogP contribution is -2.47. The third-order valence-corrected chi connectivity index (χ3v) is 4.08. The highest BCUT2D eigenvalue weighted by atomic mass is 35.5. The molecule has 2 rings (SSSR count). The Labute approximate surface area is 174 Å². The van der Waals surface area contributed by atoms with Gasteiger partial charge in [0.2, 0.25) is 0 Å². The molecule has 150 valence electrons. The van der Waals surface area contributed by atoms with E-state index in [1.165, 1.54) is 13.0 Å². The number of halogens is 2. The van der Waals surface area contributed by atoms with E-state index in [9.17, 15) is 9.59 Å². The van der Waals surface area contributed by atoms with Crippen LogP contribution in [0.15, 0.2) is 42.5 Å². The molecule has 6 nitrogen and oxygen atoms in total. The van der Waals surface area contributed by atoms with Crippen LogP contribution in [-0.2, 0) is 4.79 Å². The molecule has 2 amide bonds. The fourth-order valence-corrected chi connectivity index (χ4v) is 2.55. The second kappa shape index (κ2) is 10.2. The van der Waals surface area contributed by atoms with Crippen molar-refractivity contribution in [3.05, 3.63) is 58.1 Å². The number of ether oxygens (including phenoxy) is 2. The van der Waals surface area contributed by atoms with Gasteiger partial charge in [0.15, 0.2) is 6.10 Å². The van der Waals surface area contributed by atoms with Crippen LogP contribution in [0.4, 0.5) is 0 Å². The molecule has 28 heavy (non-hydrogen) atoms. The first-order chi connectivity index (χ1) is 13.3. The molecule has 0 aromatic heterocycles. The maximum Gasteiger partial charge on any atom is 0.279 e. The van der Waals surface area contributed by atoms with Crippen molar-refractivity contribution < 1.29 is 19.1 Å². The van der Waals surface area contributed by atoms with Crippen molar-refractivity contribution in [3.8, 4) is 11.5 Å². The number of carbonyl (C=O) groups excluding carboxylic acids is 2. The second-order valence-electron chi connectivity index (χ2n) is 6.51. The van der Waals surface area contributed by atoms with E-state index >= 15 is 0 Å². The van der Waals surface area contributed by atoms with Crippen LogP contribution in [0.1, 0.15) is 31.1 Å². The first-order valence-electron chi connectivity index (χ1n) is 8.71. The molecule has 0 radical (unpaired) electrons. The quantitative estimate of drug-likeness (QED) is 0.651. The van der Waals surface area contributed by atoms with Crippen LogP contribution >= 0.6 is 23.2 Å². The molecule has 0 spiro atoms. The summed E-state index contributed by atoms with van der Waals surface area (Å²) in [7, 11) is 0. The molecule has 0 heterocycles. The molecule has 8 heteroatoms. The molecular weight excluding hydrogens is 403 g/mol. The van der Waals surface area contributed by atoms with Crippen LogP contribution in [0.2, 0.25) is 10.0 Å². The van der Waals surface area contributed by atoms with Gasteiger partial charge < -0.3 is 9.47 Å². The monoisotopic (exact) mass is 424 g/mol. The highest BCUT2D eigenvalue weighted by Crippen LogP contribution is 2.28. The number of carbonyl (C=O) groups is 2. The molecule has 0 aliphatic rings. The van der Waals surface area contributed by atoms with Gasteiger partial charge >= 0.3 is 0 Å². The standard InChI is InChI=1S/C20H22Cl2N2O4/c1-12(2)11-27-16-6-4-5-14(9-16)20(26)24-23-19(25)13(3)28-18-8-7-15(21)10-17(18)22/h4-10,12-13H,11H2,1-3H3,(H,23,25)(H,24,26). The molecule has 0 aliphatic carbocycles. The normalized spacial score (nSPS) is 11.6. The summed E-state index contributed by atoms with van der Waals surface area (Å²) in [4.78, 5) is 24.4. The molecule has 2 aromatic carbocycles. The van der Waals surface area contributed by atoms with E-state index in [-0.39, 0.29) is 5.02 Å². The molecule has 1 atom stereocenters. The minimum absolute atomic E-state index is 0.286. The zero-order valence-corrected chi connectivity index (χ0v) is 17.3. The lowest BCUT2D eigenvalue weighted by atomic mass is 10.2. The maximum absolute atomic E-state index is 12.3. The van der Waals surface area contributed by atoms with Crippen molar-refractivity contribution in [2.45, 2.75) is 26.9 Å². The van der Waals surface area contributed by atoms with Crippen LogP contribution in [0, 0.1) is 5.92 Å².